The number of aromatic nitrogens is 2. The van der Waals surface area contributed by atoms with Crippen LogP contribution < -0.4 is 4.74 Å². The average Bonchev–Trinajstić information content (AvgIpc) is 3.24. The summed E-state index contributed by atoms with van der Waals surface area (Å²) in [6, 6.07) is 14.3. The van der Waals surface area contributed by atoms with Gasteiger partial charge in [0.05, 0.1) is 24.1 Å². The third-order valence-electron chi connectivity index (χ3n) is 5.63. The van der Waals surface area contributed by atoms with Crippen molar-refractivity contribution < 1.29 is 22.7 Å². The molecule has 5 nitrogen and oxygen atoms in total. The number of ether oxygens (including phenoxy) is 1. The molecule has 3 aromatic rings. The lowest BCUT2D eigenvalue weighted by Crippen LogP contribution is -2.27. The van der Waals surface area contributed by atoms with Gasteiger partial charge in [-0.1, -0.05) is 54.6 Å². The van der Waals surface area contributed by atoms with Gasteiger partial charge in [-0.2, -0.15) is 18.3 Å². The largest absolute Gasteiger partial charge is 0.480 e. The molecular formula is C26H24F3N3O2. The van der Waals surface area contributed by atoms with Gasteiger partial charge in [-0.25, -0.2) is 4.68 Å². The van der Waals surface area contributed by atoms with E-state index in [-0.39, 0.29) is 24.2 Å². The molecule has 8 heteroatoms. The van der Waals surface area contributed by atoms with Crippen molar-refractivity contribution in [2.24, 2.45) is 0 Å². The van der Waals surface area contributed by atoms with Crippen molar-refractivity contribution in [2.45, 2.75) is 25.1 Å². The lowest BCUT2D eigenvalue weighted by Gasteiger charge is -2.20. The van der Waals surface area contributed by atoms with Crippen LogP contribution in [-0.2, 0) is 12.7 Å². The monoisotopic (exact) mass is 467 g/mol. The highest BCUT2D eigenvalue weighted by Crippen LogP contribution is 2.35. The van der Waals surface area contributed by atoms with Gasteiger partial charge in [0.2, 0.25) is 5.88 Å². The Morgan fingerprint density at radius 1 is 1.15 bits per heavy atom. The van der Waals surface area contributed by atoms with Gasteiger partial charge in [-0.3, -0.25) is 4.79 Å². The maximum absolute atomic E-state index is 13.6. The van der Waals surface area contributed by atoms with Crippen LogP contribution in [0.25, 0.3) is 5.69 Å². The standard InChI is InChI=1S/C26H24F3N3O2/c1-31(17-18-10-9-13-20(16-18)26(27,28)29)24(33)22-23(19-11-5-3-6-12-19)30-32(25(22)34-2)21-14-7-4-8-15-21/h3-11,13-16,19H,12,17H2,1-2H3. The number of benzene rings is 2. The fourth-order valence-electron chi connectivity index (χ4n) is 3.98. The van der Waals surface area contributed by atoms with Crippen LogP contribution in [0.15, 0.2) is 78.9 Å². The van der Waals surface area contributed by atoms with Crippen LogP contribution in [0.5, 0.6) is 5.88 Å². The molecule has 1 aromatic heterocycles. The van der Waals surface area contributed by atoms with Crippen LogP contribution in [0.2, 0.25) is 0 Å². The molecule has 0 radical (unpaired) electrons. The predicted octanol–water partition coefficient (Wildman–Crippen LogP) is 5.77. The van der Waals surface area contributed by atoms with E-state index in [1.807, 2.05) is 54.6 Å². The Bertz CT molecular complexity index is 1230. The molecule has 2 aromatic carbocycles. The molecule has 1 atom stereocenters. The van der Waals surface area contributed by atoms with Crippen molar-refractivity contribution in [3.8, 4) is 11.6 Å². The molecule has 1 aliphatic rings. The summed E-state index contributed by atoms with van der Waals surface area (Å²) >= 11 is 0. The highest BCUT2D eigenvalue weighted by atomic mass is 19.4. The maximum Gasteiger partial charge on any atom is 0.416 e. The Labute approximate surface area is 195 Å². The third-order valence-corrected chi connectivity index (χ3v) is 5.63. The van der Waals surface area contributed by atoms with E-state index >= 15 is 0 Å². The molecule has 0 fully saturated rings. The van der Waals surface area contributed by atoms with E-state index in [1.54, 1.807) is 17.8 Å². The molecule has 1 aliphatic carbocycles. The summed E-state index contributed by atoms with van der Waals surface area (Å²) in [6.45, 7) is 0.00226. The van der Waals surface area contributed by atoms with Gasteiger partial charge in [0, 0.05) is 19.5 Å². The summed E-state index contributed by atoms with van der Waals surface area (Å²) in [5, 5.41) is 4.74. The predicted molar refractivity (Wildman–Crippen MR) is 123 cm³/mol. The number of halogens is 3. The molecule has 0 aliphatic heterocycles. The van der Waals surface area contributed by atoms with Crippen molar-refractivity contribution >= 4 is 5.91 Å². The molecular weight excluding hydrogens is 443 g/mol. The van der Waals surface area contributed by atoms with Gasteiger partial charge in [0.25, 0.3) is 5.91 Å². The zero-order chi connectivity index (χ0) is 24.3. The summed E-state index contributed by atoms with van der Waals surface area (Å²) in [7, 11) is 3.03. The zero-order valence-corrected chi connectivity index (χ0v) is 18.8. The Kier molecular flexibility index (Phi) is 6.58. The Morgan fingerprint density at radius 3 is 2.56 bits per heavy atom. The number of carbonyl (C=O) groups excluding carboxylic acids is 1. The van der Waals surface area contributed by atoms with E-state index in [1.165, 1.54) is 18.1 Å². The van der Waals surface area contributed by atoms with Gasteiger partial charge in [-0.05, 0) is 36.2 Å². The lowest BCUT2D eigenvalue weighted by atomic mass is 9.94. The van der Waals surface area contributed by atoms with Crippen LogP contribution in [0, 0.1) is 0 Å². The number of hydrogen-bond donors (Lipinski definition) is 0. The number of hydrogen-bond acceptors (Lipinski definition) is 3. The normalized spacial score (nSPS) is 15.4. The van der Waals surface area contributed by atoms with Crippen LogP contribution >= 0.6 is 0 Å². The Hall–Kier alpha value is -3.81. The van der Waals surface area contributed by atoms with E-state index < -0.39 is 11.7 Å². The summed E-state index contributed by atoms with van der Waals surface area (Å²) in [6.07, 6.45) is 4.03. The number of para-hydroxylation sites is 1. The summed E-state index contributed by atoms with van der Waals surface area (Å²) in [5.41, 5.74) is 1.21. The summed E-state index contributed by atoms with van der Waals surface area (Å²) in [4.78, 5) is 15.0. The van der Waals surface area contributed by atoms with Gasteiger partial charge in [0.1, 0.15) is 5.56 Å². The van der Waals surface area contributed by atoms with Crippen molar-refractivity contribution in [2.75, 3.05) is 14.2 Å². The third kappa shape index (κ3) is 4.76. The van der Waals surface area contributed by atoms with E-state index in [0.29, 0.717) is 23.2 Å². The minimum Gasteiger partial charge on any atom is -0.480 e. The molecule has 0 N–H and O–H groups in total. The van der Waals surface area contributed by atoms with Crippen molar-refractivity contribution in [3.63, 3.8) is 0 Å². The second kappa shape index (κ2) is 9.59. The minimum atomic E-state index is -4.45. The number of amides is 1. The van der Waals surface area contributed by atoms with Gasteiger partial charge >= 0.3 is 6.18 Å². The second-order valence-corrected chi connectivity index (χ2v) is 8.03. The highest BCUT2D eigenvalue weighted by Gasteiger charge is 2.32. The van der Waals surface area contributed by atoms with Crippen LogP contribution in [0.1, 0.15) is 39.5 Å². The molecule has 34 heavy (non-hydrogen) atoms. The molecule has 0 saturated heterocycles. The summed E-state index contributed by atoms with van der Waals surface area (Å²) in [5.74, 6) is -0.232. The quantitative estimate of drug-likeness (QED) is 0.462. The minimum absolute atomic E-state index is 0.00226. The average molecular weight is 467 g/mol. The number of rotatable bonds is 6. The van der Waals surface area contributed by atoms with Crippen molar-refractivity contribution in [1.29, 1.82) is 0 Å². The molecule has 0 bridgehead atoms. The molecule has 1 heterocycles. The second-order valence-electron chi connectivity index (χ2n) is 8.03. The number of allylic oxidation sites excluding steroid dienone is 4. The lowest BCUT2D eigenvalue weighted by molar-refractivity contribution is -0.137. The number of nitrogens with zero attached hydrogens (tertiary/aromatic N) is 3. The number of carbonyl (C=O) groups is 1. The number of alkyl halides is 3. The molecule has 0 saturated carbocycles. The van der Waals surface area contributed by atoms with Crippen molar-refractivity contribution in [1.82, 2.24) is 14.7 Å². The van der Waals surface area contributed by atoms with Gasteiger partial charge in [0.15, 0.2) is 0 Å². The SMILES string of the molecule is COc1c(C(=O)N(C)Cc2cccc(C(F)(F)F)c2)c(C2C=CC=CC2)nn1-c1ccccc1. The molecule has 4 rings (SSSR count). The summed E-state index contributed by atoms with van der Waals surface area (Å²) < 4.78 is 46.6. The topological polar surface area (TPSA) is 47.4 Å². The fourth-order valence-corrected chi connectivity index (χ4v) is 3.98. The first-order chi connectivity index (χ1) is 16.3. The first-order valence-electron chi connectivity index (χ1n) is 10.8. The zero-order valence-electron chi connectivity index (χ0n) is 18.8. The first-order valence-corrected chi connectivity index (χ1v) is 10.8. The molecule has 176 valence electrons. The Morgan fingerprint density at radius 2 is 1.91 bits per heavy atom. The first kappa shape index (κ1) is 23.4. The molecule has 1 amide bonds. The van der Waals surface area contributed by atoms with E-state index in [0.717, 1.165) is 17.8 Å². The van der Waals surface area contributed by atoms with E-state index in [2.05, 4.69) is 0 Å². The molecule has 0 spiro atoms. The van der Waals surface area contributed by atoms with Crippen LogP contribution in [-0.4, -0.2) is 34.7 Å². The maximum atomic E-state index is 13.6. The van der Waals surface area contributed by atoms with Gasteiger partial charge in [-0.15, -0.1) is 0 Å². The molecule has 1 unspecified atom stereocenters. The van der Waals surface area contributed by atoms with Gasteiger partial charge < -0.3 is 9.64 Å². The van der Waals surface area contributed by atoms with Crippen LogP contribution in [0.4, 0.5) is 13.2 Å². The van der Waals surface area contributed by atoms with E-state index in [4.69, 9.17) is 9.84 Å². The smallest absolute Gasteiger partial charge is 0.416 e. The fraction of sp³-hybridized carbons (Fsp3) is 0.231. The van der Waals surface area contributed by atoms with Crippen molar-refractivity contribution in [3.05, 3.63) is 101 Å². The highest BCUT2D eigenvalue weighted by molar-refractivity contribution is 5.98. The Balaban J connectivity index is 1.73. The number of methoxy groups -OCH3 is 1. The van der Waals surface area contributed by atoms with Crippen LogP contribution in [0.3, 0.4) is 0 Å². The van der Waals surface area contributed by atoms with E-state index in [9.17, 15) is 18.0 Å².